The summed E-state index contributed by atoms with van der Waals surface area (Å²) in [4.78, 5) is 16.7. The Bertz CT molecular complexity index is 1190. The number of anilines is 3. The Hall–Kier alpha value is -3.30. The smallest absolute Gasteiger partial charge is 0.227 e. The number of aryl methyl sites for hydroxylation is 1. The van der Waals surface area contributed by atoms with Crippen molar-refractivity contribution in [3.05, 3.63) is 59.8 Å². The second-order valence-electron chi connectivity index (χ2n) is 11.8. The van der Waals surface area contributed by atoms with Crippen LogP contribution in [0.2, 0.25) is 0 Å². The van der Waals surface area contributed by atoms with Crippen LogP contribution >= 0.6 is 0 Å². The zero-order chi connectivity index (χ0) is 30.6. The Labute approximate surface area is 258 Å². The minimum Gasteiger partial charge on any atom is -0.501 e. The maximum Gasteiger partial charge on any atom is 0.227 e. The van der Waals surface area contributed by atoms with Gasteiger partial charge in [0.1, 0.15) is 11.5 Å². The molecule has 0 amide bonds. The van der Waals surface area contributed by atoms with Crippen LogP contribution in [0.1, 0.15) is 51.5 Å². The van der Waals surface area contributed by atoms with Gasteiger partial charge >= 0.3 is 0 Å². The first-order valence-electron chi connectivity index (χ1n) is 15.9. The standard InChI is InChI=1S/C34H52N6O3/c1-7-8-30(41-4)23-31(42-5)21-26(2)9-10-27-24-35-34(36-25-27)37-28-11-12-32(33(22-28)43-6)40-15-13-29(14-16-40)39-19-17-38(3)18-20-39/h11-12,21-26,29H,7-10,13-20H2,1-6H3,(H,35,36,37)/b30-23+,31-21+. The third kappa shape index (κ3) is 9.60. The van der Waals surface area contributed by atoms with E-state index < -0.39 is 0 Å². The lowest BCUT2D eigenvalue weighted by Gasteiger charge is -2.42. The summed E-state index contributed by atoms with van der Waals surface area (Å²) in [6.45, 7) is 11.2. The Morgan fingerprint density at radius 3 is 2.37 bits per heavy atom. The fourth-order valence-corrected chi connectivity index (χ4v) is 5.92. The molecule has 2 fully saturated rings. The van der Waals surface area contributed by atoms with Gasteiger partial charge < -0.3 is 29.3 Å². The number of rotatable bonds is 14. The lowest BCUT2D eigenvalue weighted by atomic mass is 10.0. The molecule has 1 aromatic carbocycles. The molecular weight excluding hydrogens is 540 g/mol. The predicted molar refractivity (Wildman–Crippen MR) is 175 cm³/mol. The van der Waals surface area contributed by atoms with E-state index in [-0.39, 0.29) is 0 Å². The van der Waals surface area contributed by atoms with E-state index in [1.54, 1.807) is 21.3 Å². The van der Waals surface area contributed by atoms with Crippen molar-refractivity contribution in [3.63, 3.8) is 0 Å². The highest BCUT2D eigenvalue weighted by atomic mass is 16.5. The summed E-state index contributed by atoms with van der Waals surface area (Å²) in [6, 6.07) is 6.98. The number of likely N-dealkylation sites (N-methyl/N-ethyl adjacent to an activating group) is 1. The maximum atomic E-state index is 5.82. The maximum absolute atomic E-state index is 5.82. The topological polar surface area (TPSA) is 75.2 Å². The van der Waals surface area contributed by atoms with E-state index >= 15 is 0 Å². The molecule has 0 spiro atoms. The van der Waals surface area contributed by atoms with Crippen LogP contribution in [0.4, 0.5) is 17.3 Å². The summed E-state index contributed by atoms with van der Waals surface area (Å²) in [5, 5.41) is 3.35. The molecule has 0 bridgehead atoms. The van der Waals surface area contributed by atoms with Crippen molar-refractivity contribution in [3.8, 4) is 5.75 Å². The van der Waals surface area contributed by atoms with E-state index in [1.807, 2.05) is 24.5 Å². The van der Waals surface area contributed by atoms with Crippen molar-refractivity contribution < 1.29 is 14.2 Å². The Balaban J connectivity index is 1.28. The van der Waals surface area contributed by atoms with Crippen molar-refractivity contribution in [1.82, 2.24) is 19.8 Å². The van der Waals surface area contributed by atoms with Crippen molar-refractivity contribution >= 4 is 17.3 Å². The fourth-order valence-electron chi connectivity index (χ4n) is 5.92. The molecule has 1 unspecified atom stereocenters. The number of ether oxygens (including phenoxy) is 3. The zero-order valence-corrected chi connectivity index (χ0v) is 27.1. The quantitative estimate of drug-likeness (QED) is 0.214. The predicted octanol–water partition coefficient (Wildman–Crippen LogP) is 5.87. The fraction of sp³-hybridized carbons (Fsp3) is 0.588. The van der Waals surface area contributed by atoms with Gasteiger partial charge in [-0.15, -0.1) is 0 Å². The van der Waals surface area contributed by atoms with Crippen molar-refractivity contribution in [2.45, 2.75) is 58.4 Å². The SMILES string of the molecule is CCC/C(=C\C(=C/C(C)CCc1cnc(Nc2ccc(N3CCC(N4CCN(C)CC4)CC3)c(OC)c2)nc1)OC)OC. The molecule has 9 heteroatoms. The Morgan fingerprint density at radius 1 is 1.02 bits per heavy atom. The number of hydrogen-bond donors (Lipinski definition) is 1. The highest BCUT2D eigenvalue weighted by Gasteiger charge is 2.27. The van der Waals surface area contributed by atoms with Crippen molar-refractivity contribution in [1.29, 1.82) is 0 Å². The van der Waals surface area contributed by atoms with Gasteiger partial charge in [0, 0.05) is 82.0 Å². The van der Waals surface area contributed by atoms with Gasteiger partial charge in [0.15, 0.2) is 0 Å². The first kappa shape index (κ1) is 32.6. The molecule has 0 radical (unpaired) electrons. The van der Waals surface area contributed by atoms with Gasteiger partial charge in [0.25, 0.3) is 0 Å². The second-order valence-corrected chi connectivity index (χ2v) is 11.8. The number of aromatic nitrogens is 2. The van der Waals surface area contributed by atoms with Crippen LogP contribution in [-0.2, 0) is 15.9 Å². The first-order valence-corrected chi connectivity index (χ1v) is 15.9. The van der Waals surface area contributed by atoms with E-state index in [1.165, 1.54) is 39.0 Å². The lowest BCUT2D eigenvalue weighted by Crippen LogP contribution is -2.52. The van der Waals surface area contributed by atoms with E-state index in [0.29, 0.717) is 17.9 Å². The van der Waals surface area contributed by atoms with Gasteiger partial charge in [-0.3, -0.25) is 4.90 Å². The number of piperidine rings is 1. The largest absolute Gasteiger partial charge is 0.501 e. The number of allylic oxidation sites excluding steroid dienone is 3. The van der Waals surface area contributed by atoms with Crippen LogP contribution in [0.25, 0.3) is 0 Å². The van der Waals surface area contributed by atoms with E-state index in [0.717, 1.165) is 73.0 Å². The lowest BCUT2D eigenvalue weighted by molar-refractivity contribution is 0.0981. The molecule has 0 saturated carbocycles. The van der Waals surface area contributed by atoms with E-state index in [9.17, 15) is 0 Å². The molecule has 2 aliphatic heterocycles. The van der Waals surface area contributed by atoms with Gasteiger partial charge in [-0.05, 0) is 68.8 Å². The van der Waals surface area contributed by atoms with Crippen molar-refractivity contribution in [2.75, 3.05) is 77.9 Å². The number of hydrogen-bond acceptors (Lipinski definition) is 9. The summed E-state index contributed by atoms with van der Waals surface area (Å²) in [7, 11) is 7.38. The second kappa shape index (κ2) is 16.5. The molecule has 4 rings (SSSR count). The molecule has 43 heavy (non-hydrogen) atoms. The van der Waals surface area contributed by atoms with Gasteiger partial charge in [-0.25, -0.2) is 9.97 Å². The number of methoxy groups -OCH3 is 3. The number of nitrogens with zero attached hydrogens (tertiary/aromatic N) is 5. The highest BCUT2D eigenvalue weighted by molar-refractivity contribution is 5.67. The summed E-state index contributed by atoms with van der Waals surface area (Å²) in [6.07, 6.45) is 14.1. The number of piperazine rings is 1. The van der Waals surface area contributed by atoms with Crippen LogP contribution in [-0.4, -0.2) is 93.5 Å². The monoisotopic (exact) mass is 592 g/mol. The average molecular weight is 593 g/mol. The number of benzene rings is 1. The molecule has 1 aromatic heterocycles. The molecule has 1 N–H and O–H groups in total. The van der Waals surface area contributed by atoms with Gasteiger partial charge in [0.05, 0.1) is 32.8 Å². The third-order valence-corrected chi connectivity index (χ3v) is 8.64. The van der Waals surface area contributed by atoms with Gasteiger partial charge in [-0.2, -0.15) is 0 Å². The minimum atomic E-state index is 0.340. The van der Waals surface area contributed by atoms with Crippen LogP contribution in [0.15, 0.2) is 54.3 Å². The van der Waals surface area contributed by atoms with Crippen molar-refractivity contribution in [2.24, 2.45) is 5.92 Å². The molecule has 3 heterocycles. The van der Waals surface area contributed by atoms with Crippen LogP contribution in [0, 0.1) is 5.92 Å². The summed E-state index contributed by atoms with van der Waals surface area (Å²) in [5.41, 5.74) is 3.18. The van der Waals surface area contributed by atoms with Crippen LogP contribution in [0.5, 0.6) is 5.75 Å². The molecule has 236 valence electrons. The normalized spacial score (nSPS) is 18.4. The van der Waals surface area contributed by atoms with E-state index in [2.05, 4.69) is 69.1 Å². The van der Waals surface area contributed by atoms with Gasteiger partial charge in [-0.1, -0.05) is 13.8 Å². The first-order chi connectivity index (χ1) is 20.9. The zero-order valence-electron chi connectivity index (χ0n) is 27.1. The van der Waals surface area contributed by atoms with E-state index in [4.69, 9.17) is 14.2 Å². The Morgan fingerprint density at radius 2 is 1.74 bits per heavy atom. The average Bonchev–Trinajstić information content (AvgIpc) is 3.04. The molecule has 2 saturated heterocycles. The number of nitrogens with one attached hydrogen (secondary N) is 1. The summed E-state index contributed by atoms with van der Waals surface area (Å²) >= 11 is 0. The minimum absolute atomic E-state index is 0.340. The van der Waals surface area contributed by atoms with Crippen LogP contribution < -0.4 is 15.0 Å². The molecular formula is C34H52N6O3. The van der Waals surface area contributed by atoms with Gasteiger partial charge in [0.2, 0.25) is 5.95 Å². The summed E-state index contributed by atoms with van der Waals surface area (Å²) < 4.78 is 16.9. The molecule has 2 aromatic rings. The molecule has 9 nitrogen and oxygen atoms in total. The molecule has 1 atom stereocenters. The Kier molecular flexibility index (Phi) is 12.5. The molecule has 2 aliphatic rings. The molecule has 0 aliphatic carbocycles. The highest BCUT2D eigenvalue weighted by Crippen LogP contribution is 2.34. The summed E-state index contributed by atoms with van der Waals surface area (Å²) in [5.74, 6) is 3.57. The van der Waals surface area contributed by atoms with Crippen LogP contribution in [0.3, 0.4) is 0 Å². The third-order valence-electron chi connectivity index (χ3n) is 8.64.